The van der Waals surface area contributed by atoms with E-state index in [2.05, 4.69) is 0 Å². The van der Waals surface area contributed by atoms with Gasteiger partial charge in [-0.3, -0.25) is 9.69 Å². The van der Waals surface area contributed by atoms with Crippen LogP contribution in [0.25, 0.3) is 0 Å². The number of primary amides is 1. The molecular formula is C16H23ClN2O3. The van der Waals surface area contributed by atoms with Crippen molar-refractivity contribution >= 4 is 17.5 Å². The second kappa shape index (κ2) is 7.31. The van der Waals surface area contributed by atoms with Crippen LogP contribution in [0.5, 0.6) is 5.75 Å². The first-order chi connectivity index (χ1) is 10.4. The molecule has 1 aliphatic heterocycles. The van der Waals surface area contributed by atoms with E-state index >= 15 is 0 Å². The number of nitrogens with two attached hydrogens (primary N) is 1. The fourth-order valence-corrected chi connectivity index (χ4v) is 2.95. The summed E-state index contributed by atoms with van der Waals surface area (Å²) < 4.78 is 11.1. The second-order valence-electron chi connectivity index (χ2n) is 5.82. The molecule has 122 valence electrons. The van der Waals surface area contributed by atoms with Gasteiger partial charge in [-0.2, -0.15) is 0 Å². The van der Waals surface area contributed by atoms with Crippen LogP contribution in [0, 0.1) is 0 Å². The molecule has 6 heteroatoms. The zero-order valence-corrected chi connectivity index (χ0v) is 14.0. The van der Waals surface area contributed by atoms with E-state index < -0.39 is 6.04 Å². The molecule has 5 nitrogen and oxygen atoms in total. The Hall–Kier alpha value is -1.30. The molecule has 1 amide bonds. The fourth-order valence-electron chi connectivity index (χ4n) is 2.70. The zero-order chi connectivity index (χ0) is 16.3. The average Bonchev–Trinajstić information content (AvgIpc) is 2.41. The third kappa shape index (κ3) is 4.12. The van der Waals surface area contributed by atoms with Crippen molar-refractivity contribution in [3.8, 4) is 5.75 Å². The lowest BCUT2D eigenvalue weighted by molar-refractivity contribution is -0.136. The molecule has 1 heterocycles. The number of halogens is 1. The van der Waals surface area contributed by atoms with Gasteiger partial charge in [-0.1, -0.05) is 17.7 Å². The van der Waals surface area contributed by atoms with Gasteiger partial charge in [0, 0.05) is 13.1 Å². The molecule has 2 rings (SSSR count). The molecule has 0 aliphatic carbocycles. The summed E-state index contributed by atoms with van der Waals surface area (Å²) in [7, 11) is 0. The van der Waals surface area contributed by atoms with Crippen LogP contribution in [-0.2, 0) is 16.1 Å². The Morgan fingerprint density at radius 3 is 2.86 bits per heavy atom. The average molecular weight is 327 g/mol. The summed E-state index contributed by atoms with van der Waals surface area (Å²) in [6.45, 7) is 7.64. The van der Waals surface area contributed by atoms with Crippen LogP contribution in [0.1, 0.15) is 26.3 Å². The van der Waals surface area contributed by atoms with Crippen LogP contribution < -0.4 is 10.5 Å². The minimum atomic E-state index is -0.417. The first kappa shape index (κ1) is 17.1. The van der Waals surface area contributed by atoms with E-state index in [0.717, 1.165) is 5.56 Å². The Balaban J connectivity index is 2.12. The molecule has 0 unspecified atom stereocenters. The number of hydrogen-bond donors (Lipinski definition) is 1. The van der Waals surface area contributed by atoms with Gasteiger partial charge in [0.1, 0.15) is 11.8 Å². The highest BCUT2D eigenvalue weighted by Gasteiger charge is 2.33. The van der Waals surface area contributed by atoms with Gasteiger partial charge in [-0.15, -0.1) is 0 Å². The Morgan fingerprint density at radius 2 is 2.27 bits per heavy atom. The number of benzene rings is 1. The van der Waals surface area contributed by atoms with Gasteiger partial charge in [-0.05, 0) is 38.5 Å². The Morgan fingerprint density at radius 1 is 1.55 bits per heavy atom. The molecule has 0 radical (unpaired) electrons. The lowest BCUT2D eigenvalue weighted by Crippen LogP contribution is -2.56. The maximum atomic E-state index is 11.7. The summed E-state index contributed by atoms with van der Waals surface area (Å²) in [6, 6.07) is 5.28. The second-order valence-corrected chi connectivity index (χ2v) is 6.23. The van der Waals surface area contributed by atoms with Crippen molar-refractivity contribution in [2.24, 2.45) is 5.73 Å². The van der Waals surface area contributed by atoms with E-state index in [-0.39, 0.29) is 18.1 Å². The first-order valence-electron chi connectivity index (χ1n) is 7.48. The van der Waals surface area contributed by atoms with Gasteiger partial charge in [0.15, 0.2) is 0 Å². The van der Waals surface area contributed by atoms with Gasteiger partial charge >= 0.3 is 0 Å². The van der Waals surface area contributed by atoms with Crippen molar-refractivity contribution in [3.05, 3.63) is 28.8 Å². The number of ether oxygens (including phenoxy) is 2. The number of hydrogen-bond acceptors (Lipinski definition) is 4. The Kier molecular flexibility index (Phi) is 5.67. The third-order valence-electron chi connectivity index (χ3n) is 3.63. The summed E-state index contributed by atoms with van der Waals surface area (Å²) in [4.78, 5) is 13.7. The molecule has 0 bridgehead atoms. The molecule has 1 aromatic rings. The van der Waals surface area contributed by atoms with Crippen LogP contribution in [0.3, 0.4) is 0 Å². The summed E-state index contributed by atoms with van der Waals surface area (Å²) in [6.07, 6.45) is -0.132. The quantitative estimate of drug-likeness (QED) is 0.901. The summed E-state index contributed by atoms with van der Waals surface area (Å²) in [5.41, 5.74) is 6.52. The van der Waals surface area contributed by atoms with Crippen molar-refractivity contribution in [3.63, 3.8) is 0 Å². The first-order valence-corrected chi connectivity index (χ1v) is 7.86. The number of carbonyl (C=O) groups excluding carboxylic acids is 1. The maximum absolute atomic E-state index is 11.7. The van der Waals surface area contributed by atoms with Crippen LogP contribution >= 0.6 is 11.6 Å². The largest absolute Gasteiger partial charge is 0.489 e. The molecule has 1 aromatic carbocycles. The normalized spacial score (nSPS) is 22.8. The number of rotatable bonds is 5. The van der Waals surface area contributed by atoms with Crippen molar-refractivity contribution in [2.75, 3.05) is 13.2 Å². The predicted molar refractivity (Wildman–Crippen MR) is 86.0 cm³/mol. The maximum Gasteiger partial charge on any atom is 0.237 e. The minimum Gasteiger partial charge on any atom is -0.489 e. The molecule has 2 N–H and O–H groups in total. The van der Waals surface area contributed by atoms with Gasteiger partial charge in [0.05, 0.1) is 23.8 Å². The van der Waals surface area contributed by atoms with Gasteiger partial charge in [0.2, 0.25) is 5.91 Å². The lowest BCUT2D eigenvalue weighted by atomic mass is 10.1. The lowest BCUT2D eigenvalue weighted by Gasteiger charge is -2.37. The molecule has 1 saturated heterocycles. The molecule has 22 heavy (non-hydrogen) atoms. The van der Waals surface area contributed by atoms with Gasteiger partial charge in [-0.25, -0.2) is 0 Å². The van der Waals surface area contributed by atoms with Crippen LogP contribution in [0.2, 0.25) is 5.02 Å². The molecule has 0 spiro atoms. The minimum absolute atomic E-state index is 0.0719. The standard InChI is InChI=1S/C16H23ClN2O3/c1-10(2)22-14-5-4-12(8-13(14)17)9-19-6-7-21-11(3)15(19)16(18)20/h4-5,8,10-11,15H,6-7,9H2,1-3H3,(H2,18,20)/t11-,15+/m1/s1. The van der Waals surface area contributed by atoms with Crippen molar-refractivity contribution in [1.29, 1.82) is 0 Å². The predicted octanol–water partition coefficient (Wildman–Crippen LogP) is 2.20. The monoisotopic (exact) mass is 326 g/mol. The number of carbonyl (C=O) groups is 1. The molecule has 0 saturated carbocycles. The fraction of sp³-hybridized carbons (Fsp3) is 0.562. The van der Waals surface area contributed by atoms with Crippen LogP contribution in [0.15, 0.2) is 18.2 Å². The summed E-state index contributed by atoms with van der Waals surface area (Å²) in [5.74, 6) is 0.306. The van der Waals surface area contributed by atoms with E-state index in [9.17, 15) is 4.79 Å². The summed E-state index contributed by atoms with van der Waals surface area (Å²) >= 11 is 6.26. The third-order valence-corrected chi connectivity index (χ3v) is 3.93. The van der Waals surface area contributed by atoms with Crippen molar-refractivity contribution in [1.82, 2.24) is 4.90 Å². The van der Waals surface area contributed by atoms with Crippen molar-refractivity contribution < 1.29 is 14.3 Å². The van der Waals surface area contributed by atoms with Crippen LogP contribution in [-0.4, -0.2) is 42.2 Å². The van der Waals surface area contributed by atoms with E-state index in [4.69, 9.17) is 26.8 Å². The molecule has 1 aliphatic rings. The Bertz CT molecular complexity index is 536. The smallest absolute Gasteiger partial charge is 0.237 e. The highest BCUT2D eigenvalue weighted by atomic mass is 35.5. The molecule has 2 atom stereocenters. The highest BCUT2D eigenvalue weighted by molar-refractivity contribution is 6.32. The summed E-state index contributed by atoms with van der Waals surface area (Å²) in [5, 5.41) is 0.572. The Labute approximate surface area is 136 Å². The number of morpholine rings is 1. The van der Waals surface area contributed by atoms with E-state index in [1.54, 1.807) is 0 Å². The van der Waals surface area contributed by atoms with Gasteiger partial charge < -0.3 is 15.2 Å². The SMILES string of the molecule is CC(C)Oc1ccc(CN2CCO[C@H](C)[C@H]2C(N)=O)cc1Cl. The van der Waals surface area contributed by atoms with Crippen molar-refractivity contribution in [2.45, 2.75) is 45.6 Å². The van der Waals surface area contributed by atoms with E-state index in [0.29, 0.717) is 30.5 Å². The molecule has 0 aromatic heterocycles. The van der Waals surface area contributed by atoms with Crippen LogP contribution in [0.4, 0.5) is 0 Å². The zero-order valence-electron chi connectivity index (χ0n) is 13.2. The van der Waals surface area contributed by atoms with E-state index in [1.807, 2.05) is 43.9 Å². The highest BCUT2D eigenvalue weighted by Crippen LogP contribution is 2.27. The van der Waals surface area contributed by atoms with Gasteiger partial charge in [0.25, 0.3) is 0 Å². The molecular weight excluding hydrogens is 304 g/mol. The number of amides is 1. The number of nitrogens with zero attached hydrogens (tertiary/aromatic N) is 1. The molecule has 1 fully saturated rings. The topological polar surface area (TPSA) is 64.8 Å². The van der Waals surface area contributed by atoms with E-state index in [1.165, 1.54) is 0 Å².